The van der Waals surface area contributed by atoms with Crippen molar-refractivity contribution >= 4 is 45.3 Å². The van der Waals surface area contributed by atoms with Gasteiger partial charge in [0, 0.05) is 0 Å². The summed E-state index contributed by atoms with van der Waals surface area (Å²) >= 11 is 3.90. The van der Waals surface area contributed by atoms with E-state index >= 15 is 0 Å². The Balaban J connectivity index is 0.000000386. The van der Waals surface area contributed by atoms with Gasteiger partial charge >= 0.3 is 0 Å². The van der Waals surface area contributed by atoms with Crippen molar-refractivity contribution in [2.45, 2.75) is 76.4 Å². The molecule has 0 N–H and O–H groups in total. The zero-order valence-corrected chi connectivity index (χ0v) is 28.2. The van der Waals surface area contributed by atoms with Crippen LogP contribution in [-0.2, 0) is 21.8 Å². The lowest BCUT2D eigenvalue weighted by Gasteiger charge is -2.30. The second-order valence-corrected chi connectivity index (χ2v) is 17.3. The maximum atomic E-state index is 8.49. The number of rotatable bonds is 5. The molecule has 8 nitrogen and oxygen atoms in total. The van der Waals surface area contributed by atoms with Gasteiger partial charge in [-0.15, -0.1) is 20.5 Å². The van der Waals surface area contributed by atoms with Crippen LogP contribution in [0.3, 0.4) is 0 Å². The fraction of sp³-hybridized carbons (Fsp3) is 0.200. The Morgan fingerprint density at radius 3 is 0.864 bits per heavy atom. The second-order valence-electron chi connectivity index (χ2n) is 9.32. The molecule has 0 bridgehead atoms. The summed E-state index contributed by atoms with van der Waals surface area (Å²) in [5.41, 5.74) is 0. The summed E-state index contributed by atoms with van der Waals surface area (Å²) in [5.74, 6) is 0. The average Bonchev–Trinajstić information content (AvgIpc) is 2.96. The summed E-state index contributed by atoms with van der Waals surface area (Å²) in [6.45, 7) is 4.85. The first-order valence-electron chi connectivity index (χ1n) is 13.2. The molecule has 0 amide bonds. The van der Waals surface area contributed by atoms with Crippen molar-refractivity contribution < 1.29 is 57.8 Å². The minimum atomic E-state index is -4.94. The molecule has 0 aliphatic carbocycles. The Bertz CT molecular complexity index is 1330. The first-order chi connectivity index (χ1) is 20.8. The van der Waals surface area contributed by atoms with Gasteiger partial charge in [0.2, 0.25) is 0 Å². The largest absolute Gasteiger partial charge is 0.222 e. The van der Waals surface area contributed by atoms with E-state index < -0.39 is 20.5 Å². The number of fused-ring (bicyclic) bond motifs is 4. The first kappa shape index (κ1) is 35.4. The molecule has 0 saturated carbocycles. The highest BCUT2D eigenvalue weighted by Gasteiger charge is 2.53. The molecular weight excluding hydrogens is 687 g/mol. The van der Waals surface area contributed by atoms with Crippen LogP contribution in [0.4, 0.5) is 0 Å². The van der Waals surface area contributed by atoms with Crippen LogP contribution < -0.4 is 37.3 Å². The van der Waals surface area contributed by atoms with Crippen molar-refractivity contribution in [1.82, 2.24) is 0 Å². The van der Waals surface area contributed by atoms with Crippen LogP contribution in [0, 0.1) is 20.5 Å². The topological polar surface area (TPSA) is 184 Å². The lowest BCUT2D eigenvalue weighted by molar-refractivity contribution is -2.00. The van der Waals surface area contributed by atoms with Crippen molar-refractivity contribution in [3.05, 3.63) is 97.1 Å². The molecule has 4 aromatic carbocycles. The van der Waals surface area contributed by atoms with Crippen molar-refractivity contribution in [2.75, 3.05) is 0 Å². The molecule has 2 atom stereocenters. The second kappa shape index (κ2) is 15.4. The Morgan fingerprint density at radius 1 is 0.455 bits per heavy atom. The molecule has 0 unspecified atom stereocenters. The van der Waals surface area contributed by atoms with E-state index in [2.05, 4.69) is 111 Å². The minimum Gasteiger partial charge on any atom is -0.222 e. The highest BCUT2D eigenvalue weighted by atomic mass is 35.7. The monoisotopic (exact) mass is 714 g/mol. The van der Waals surface area contributed by atoms with Crippen molar-refractivity contribution in [3.63, 3.8) is 0 Å². The normalized spacial score (nSPS) is 15.6. The molecule has 2 aliphatic rings. The quantitative estimate of drug-likeness (QED) is 0.243. The van der Waals surface area contributed by atoms with Gasteiger partial charge in [-0.1, -0.05) is 85.9 Å². The van der Waals surface area contributed by atoms with E-state index in [1.807, 2.05) is 23.5 Å². The van der Waals surface area contributed by atoms with Crippen LogP contribution in [0.5, 0.6) is 0 Å². The molecule has 2 aliphatic heterocycles. The van der Waals surface area contributed by atoms with Crippen LogP contribution in [-0.4, -0.2) is 10.5 Å². The van der Waals surface area contributed by atoms with E-state index in [-0.39, 0.29) is 21.8 Å². The van der Waals surface area contributed by atoms with Gasteiger partial charge < -0.3 is 0 Å². The van der Waals surface area contributed by atoms with E-state index in [9.17, 15) is 0 Å². The third-order valence-corrected chi connectivity index (χ3v) is 15.5. The summed E-state index contributed by atoms with van der Waals surface area (Å²) < 4.78 is 67.9. The molecule has 6 rings (SSSR count). The zero-order valence-electron chi connectivity index (χ0n) is 23.5. The maximum Gasteiger partial charge on any atom is 0.176 e. The van der Waals surface area contributed by atoms with Gasteiger partial charge in [0.1, 0.15) is 0 Å². The summed E-state index contributed by atoms with van der Waals surface area (Å²) in [6.07, 6.45) is 2.38. The van der Waals surface area contributed by atoms with E-state index in [4.69, 9.17) is 37.3 Å². The third-order valence-electron chi connectivity index (χ3n) is 6.61. The molecule has 44 heavy (non-hydrogen) atoms. The molecular formula is C30H28Cl2O8S4. The molecule has 2 heterocycles. The Hall–Kier alpha value is -1.46. The molecule has 4 aromatic rings. The molecule has 0 radical (unpaired) electrons. The minimum absolute atomic E-state index is 0.0617. The van der Waals surface area contributed by atoms with Crippen LogP contribution in [0.15, 0.2) is 136 Å². The Kier molecular flexibility index (Phi) is 12.4. The summed E-state index contributed by atoms with van der Waals surface area (Å²) in [6, 6.07) is 36.7. The van der Waals surface area contributed by atoms with Crippen LogP contribution in [0.25, 0.3) is 0 Å². The van der Waals surface area contributed by atoms with Gasteiger partial charge in [-0.2, -0.15) is 0 Å². The smallest absolute Gasteiger partial charge is 0.176 e. The van der Waals surface area contributed by atoms with Crippen molar-refractivity contribution in [1.29, 1.82) is 0 Å². The molecule has 0 aromatic heterocycles. The number of benzene rings is 4. The Labute approximate surface area is 274 Å². The first-order valence-corrected chi connectivity index (χ1v) is 19.9. The van der Waals surface area contributed by atoms with Crippen LogP contribution >= 0.6 is 23.5 Å². The molecule has 0 fully saturated rings. The lowest BCUT2D eigenvalue weighted by Crippen LogP contribution is -2.68. The highest BCUT2D eigenvalue weighted by molar-refractivity contribution is 8.06. The predicted octanol–water partition coefficient (Wildman–Crippen LogP) is -0.566. The standard InChI is InChI=1S/C30H28S4.2ClHO4/c1-3-25(33-27-17-9-5-13-21(27)31-22-14-6-10-18-28(22)33)26(4-2)34-29-19-11-7-15-23(29)32-24-16-8-12-20-30(24)34;2*2-1(3,4)5/h5-20,25-26H,3-4H2,1-2H3;2*(H,2,3,4,5)/q+2;;/p-2/t25-,26+;;. The molecule has 0 saturated heterocycles. The number of halogens is 2. The van der Waals surface area contributed by atoms with E-state index in [1.165, 1.54) is 32.4 Å². The zero-order chi connectivity index (χ0) is 32.1. The van der Waals surface area contributed by atoms with Gasteiger partial charge in [-0.25, -0.2) is 37.3 Å². The van der Waals surface area contributed by atoms with E-state index in [0.29, 0.717) is 10.5 Å². The van der Waals surface area contributed by atoms with Gasteiger partial charge in [0.15, 0.2) is 30.1 Å². The van der Waals surface area contributed by atoms with Gasteiger partial charge in [0.05, 0.1) is 41.4 Å². The van der Waals surface area contributed by atoms with Crippen molar-refractivity contribution in [2.24, 2.45) is 0 Å². The van der Waals surface area contributed by atoms with Crippen molar-refractivity contribution in [3.8, 4) is 0 Å². The highest BCUT2D eigenvalue weighted by Crippen LogP contribution is 2.52. The molecule has 14 heteroatoms. The molecule has 0 spiro atoms. The summed E-state index contributed by atoms with van der Waals surface area (Å²) in [7, 11) is -9.77. The fourth-order valence-electron chi connectivity index (χ4n) is 5.15. The van der Waals surface area contributed by atoms with E-state index in [0.717, 1.165) is 0 Å². The Morgan fingerprint density at radius 2 is 0.659 bits per heavy atom. The summed E-state index contributed by atoms with van der Waals surface area (Å²) in [4.78, 5) is 12.0. The van der Waals surface area contributed by atoms with Crippen LogP contribution in [0.1, 0.15) is 26.7 Å². The maximum absolute atomic E-state index is 8.49. The number of hydrogen-bond acceptors (Lipinski definition) is 10. The van der Waals surface area contributed by atoms with Gasteiger partial charge in [0.25, 0.3) is 0 Å². The molecule has 234 valence electrons. The van der Waals surface area contributed by atoms with E-state index in [1.54, 1.807) is 19.6 Å². The van der Waals surface area contributed by atoms with Gasteiger partial charge in [-0.3, -0.25) is 0 Å². The summed E-state index contributed by atoms with van der Waals surface area (Å²) in [5, 5.41) is 1.20. The van der Waals surface area contributed by atoms with Gasteiger partial charge in [-0.05, 0) is 61.4 Å². The number of hydrogen-bond donors (Lipinski definition) is 0. The fourth-order valence-corrected chi connectivity index (χ4v) is 14.6. The average molecular weight is 716 g/mol. The SMILES string of the molecule is CC[C@H]([C@H](CC)[S+]1c2ccccc2Sc2ccccc21)[S+]1c2ccccc2Sc2ccccc21.[O-][Cl+3]([O-])([O-])[O-].[O-][Cl+3]([O-])([O-])[O-]. The van der Waals surface area contributed by atoms with Crippen LogP contribution in [0.2, 0.25) is 0 Å². The predicted molar refractivity (Wildman–Crippen MR) is 150 cm³/mol. The third kappa shape index (κ3) is 9.30. The lowest BCUT2D eigenvalue weighted by atomic mass is 10.2.